The quantitative estimate of drug-likeness (QED) is 0.189. The van der Waals surface area contributed by atoms with Gasteiger partial charge in [-0.15, -0.1) is 0 Å². The van der Waals surface area contributed by atoms with E-state index in [1.165, 1.54) is 38.6 Å². The zero-order valence-corrected chi connectivity index (χ0v) is 17.9. The van der Waals surface area contributed by atoms with Gasteiger partial charge in [-0.1, -0.05) is 24.0 Å². The fraction of sp³-hybridized carbons (Fsp3) is 0.261. The Morgan fingerprint density at radius 3 is 1.94 bits per heavy atom. The Bertz CT molecular complexity index is 1020. The predicted molar refractivity (Wildman–Crippen MR) is 115 cm³/mol. The monoisotopic (exact) mass is 439 g/mol. The lowest BCUT2D eigenvalue weighted by atomic mass is 9.96. The van der Waals surface area contributed by atoms with Gasteiger partial charge in [0.2, 0.25) is 0 Å². The van der Waals surface area contributed by atoms with Crippen LogP contribution in [0.3, 0.4) is 0 Å². The highest BCUT2D eigenvalue weighted by Gasteiger charge is 2.47. The van der Waals surface area contributed by atoms with Gasteiger partial charge in [0, 0.05) is 30.8 Å². The molecule has 168 valence electrons. The van der Waals surface area contributed by atoms with Crippen molar-refractivity contribution in [3.63, 3.8) is 0 Å². The van der Waals surface area contributed by atoms with E-state index in [1.54, 1.807) is 36.4 Å². The molecule has 5 N–H and O–H groups in total. The highest BCUT2D eigenvalue weighted by atomic mass is 16.5. The van der Waals surface area contributed by atoms with Crippen LogP contribution < -0.4 is 10.8 Å². The van der Waals surface area contributed by atoms with Gasteiger partial charge in [0.25, 0.3) is 17.7 Å². The molecule has 0 fully saturated rings. The molecule has 0 saturated carbocycles. The van der Waals surface area contributed by atoms with Crippen molar-refractivity contribution in [3.05, 3.63) is 70.8 Å². The summed E-state index contributed by atoms with van der Waals surface area (Å²) < 4.78 is 0. The van der Waals surface area contributed by atoms with E-state index in [0.717, 1.165) is 4.90 Å². The van der Waals surface area contributed by atoms with Crippen LogP contribution in [0.5, 0.6) is 0 Å². The van der Waals surface area contributed by atoms with Crippen LogP contribution in [0.4, 0.5) is 0 Å². The molecular formula is C23H25N3O6. The van der Waals surface area contributed by atoms with Crippen LogP contribution >= 0.6 is 0 Å². The molecule has 2 aromatic carbocycles. The Hall–Kier alpha value is -3.71. The molecule has 0 aliphatic heterocycles. The number of hydrogen-bond acceptors (Lipinski definition) is 6. The molecule has 2 aromatic rings. The van der Waals surface area contributed by atoms with E-state index < -0.39 is 29.4 Å². The van der Waals surface area contributed by atoms with Gasteiger partial charge in [-0.2, -0.15) is 0 Å². The Morgan fingerprint density at radius 2 is 1.50 bits per heavy atom. The lowest BCUT2D eigenvalue weighted by Crippen LogP contribution is -2.64. The van der Waals surface area contributed by atoms with Crippen LogP contribution in [0.2, 0.25) is 0 Å². The second kappa shape index (κ2) is 10.5. The fourth-order valence-electron chi connectivity index (χ4n) is 2.89. The molecule has 9 heteroatoms. The lowest BCUT2D eigenvalue weighted by molar-refractivity contribution is -0.148. The molecule has 0 spiro atoms. The third-order valence-electron chi connectivity index (χ3n) is 5.14. The number of nitrogens with one attached hydrogen (secondary N) is 2. The molecule has 2 atom stereocenters. The van der Waals surface area contributed by atoms with Crippen molar-refractivity contribution in [2.45, 2.75) is 18.6 Å². The lowest BCUT2D eigenvalue weighted by Gasteiger charge is -2.34. The third kappa shape index (κ3) is 5.12. The minimum Gasteiger partial charge on any atom is -0.393 e. The summed E-state index contributed by atoms with van der Waals surface area (Å²) in [5, 5.41) is 29.9. The largest absolute Gasteiger partial charge is 0.393 e. The first-order valence-corrected chi connectivity index (χ1v) is 9.64. The van der Waals surface area contributed by atoms with Gasteiger partial charge >= 0.3 is 0 Å². The molecule has 0 aliphatic rings. The van der Waals surface area contributed by atoms with Gasteiger partial charge in [-0.05, 0) is 48.9 Å². The SMILES string of the molecule is CNC(=O)C(C)(C(=O)NO)N(C)C(=O)c1ccc(C#Cc2ccc([C@H](O)CO)cc2)cc1. The zero-order chi connectivity index (χ0) is 23.9. The maximum absolute atomic E-state index is 12.8. The molecule has 0 bridgehead atoms. The van der Waals surface area contributed by atoms with Crippen molar-refractivity contribution < 1.29 is 29.8 Å². The number of carbonyl (C=O) groups is 3. The van der Waals surface area contributed by atoms with Crippen molar-refractivity contribution >= 4 is 17.7 Å². The molecule has 0 aliphatic carbocycles. The number of rotatable bonds is 6. The fourth-order valence-corrected chi connectivity index (χ4v) is 2.89. The van der Waals surface area contributed by atoms with E-state index in [-0.39, 0.29) is 12.2 Å². The van der Waals surface area contributed by atoms with E-state index in [9.17, 15) is 19.5 Å². The first-order valence-electron chi connectivity index (χ1n) is 9.64. The van der Waals surface area contributed by atoms with Crippen molar-refractivity contribution in [1.29, 1.82) is 0 Å². The van der Waals surface area contributed by atoms with Gasteiger partial charge in [0.05, 0.1) is 6.61 Å². The van der Waals surface area contributed by atoms with Crippen LogP contribution in [0, 0.1) is 11.8 Å². The molecule has 0 aromatic heterocycles. The normalized spacial score (nSPS) is 13.1. The van der Waals surface area contributed by atoms with Crippen molar-refractivity contribution in [2.24, 2.45) is 0 Å². The molecule has 0 saturated heterocycles. The Labute approximate surface area is 185 Å². The predicted octanol–water partition coefficient (Wildman–Crippen LogP) is 0.194. The van der Waals surface area contributed by atoms with Gasteiger partial charge in [-0.25, -0.2) is 5.48 Å². The van der Waals surface area contributed by atoms with E-state index in [1.807, 2.05) is 0 Å². The van der Waals surface area contributed by atoms with Crippen LogP contribution in [-0.4, -0.2) is 64.3 Å². The van der Waals surface area contributed by atoms with E-state index in [4.69, 9.17) is 10.3 Å². The number of aliphatic hydroxyl groups excluding tert-OH is 2. The van der Waals surface area contributed by atoms with Crippen molar-refractivity contribution in [2.75, 3.05) is 20.7 Å². The standard InChI is InChI=1S/C23H25N3O6/c1-23(21(30)24-2,22(31)25-32)26(3)20(29)18-12-8-16(9-13-18)5-4-15-6-10-17(11-7-15)19(28)14-27/h6-13,19,27-28,32H,14H2,1-3H3,(H,24,30)(H,25,31)/t19-,23?/m1/s1. The number of likely N-dealkylation sites (N-methyl/N-ethyl adjacent to an activating group) is 2. The van der Waals surface area contributed by atoms with Crippen molar-refractivity contribution in [1.82, 2.24) is 15.7 Å². The third-order valence-corrected chi connectivity index (χ3v) is 5.14. The highest BCUT2D eigenvalue weighted by Crippen LogP contribution is 2.18. The van der Waals surface area contributed by atoms with Gasteiger partial charge in [0.1, 0.15) is 6.10 Å². The summed E-state index contributed by atoms with van der Waals surface area (Å²) in [6, 6.07) is 13.1. The van der Waals surface area contributed by atoms with E-state index in [0.29, 0.717) is 16.7 Å². The second-order valence-electron chi connectivity index (χ2n) is 7.10. The smallest absolute Gasteiger partial charge is 0.278 e. The summed E-state index contributed by atoms with van der Waals surface area (Å²) >= 11 is 0. The van der Waals surface area contributed by atoms with Crippen LogP contribution in [0.15, 0.2) is 48.5 Å². The zero-order valence-electron chi connectivity index (χ0n) is 17.9. The Balaban J connectivity index is 2.20. The second-order valence-corrected chi connectivity index (χ2v) is 7.10. The van der Waals surface area contributed by atoms with E-state index >= 15 is 0 Å². The summed E-state index contributed by atoms with van der Waals surface area (Å²) in [5.41, 5.74) is 1.61. The van der Waals surface area contributed by atoms with Crippen molar-refractivity contribution in [3.8, 4) is 11.8 Å². The maximum Gasteiger partial charge on any atom is 0.278 e. The molecule has 9 nitrogen and oxygen atoms in total. The summed E-state index contributed by atoms with van der Waals surface area (Å²) in [6.07, 6.45) is -0.936. The number of aliphatic hydroxyl groups is 2. The maximum atomic E-state index is 12.8. The molecule has 2 rings (SSSR count). The minimum absolute atomic E-state index is 0.223. The Morgan fingerprint density at radius 1 is 1.00 bits per heavy atom. The molecule has 1 unspecified atom stereocenters. The summed E-state index contributed by atoms with van der Waals surface area (Å²) in [5.74, 6) is 3.51. The number of hydrogen-bond donors (Lipinski definition) is 5. The number of carbonyl (C=O) groups excluding carboxylic acids is 3. The molecular weight excluding hydrogens is 414 g/mol. The number of amides is 3. The van der Waals surface area contributed by atoms with Gasteiger partial charge < -0.3 is 20.4 Å². The van der Waals surface area contributed by atoms with Crippen LogP contribution in [-0.2, 0) is 9.59 Å². The average molecular weight is 439 g/mol. The van der Waals surface area contributed by atoms with Crippen LogP contribution in [0.1, 0.15) is 40.1 Å². The first kappa shape index (κ1) is 24.6. The molecule has 0 heterocycles. The summed E-state index contributed by atoms with van der Waals surface area (Å²) in [4.78, 5) is 38.1. The highest BCUT2D eigenvalue weighted by molar-refractivity contribution is 6.12. The van der Waals surface area contributed by atoms with Gasteiger partial charge in [-0.3, -0.25) is 19.6 Å². The molecule has 3 amide bonds. The van der Waals surface area contributed by atoms with E-state index in [2.05, 4.69) is 17.2 Å². The topological polar surface area (TPSA) is 139 Å². The number of hydroxylamine groups is 1. The first-order chi connectivity index (χ1) is 15.2. The molecule has 0 radical (unpaired) electrons. The number of nitrogens with zero attached hydrogens (tertiary/aromatic N) is 1. The van der Waals surface area contributed by atoms with Gasteiger partial charge in [0.15, 0.2) is 5.54 Å². The van der Waals surface area contributed by atoms with Crippen LogP contribution in [0.25, 0.3) is 0 Å². The summed E-state index contributed by atoms with van der Waals surface area (Å²) in [7, 11) is 2.61. The molecule has 32 heavy (non-hydrogen) atoms. The summed E-state index contributed by atoms with van der Waals surface area (Å²) in [6.45, 7) is 0.859. The average Bonchev–Trinajstić information content (AvgIpc) is 2.85. The minimum atomic E-state index is -1.96. The Kier molecular flexibility index (Phi) is 8.09. The number of benzene rings is 2.